The number of carbonyl (C=O) groups excluding carboxylic acids is 1. The van der Waals surface area contributed by atoms with Crippen molar-refractivity contribution in [2.45, 2.75) is 20.3 Å². The van der Waals surface area contributed by atoms with E-state index in [-0.39, 0.29) is 18.4 Å². The van der Waals surface area contributed by atoms with E-state index in [9.17, 15) is 4.79 Å². The quantitative estimate of drug-likeness (QED) is 0.796. The number of hydrogen-bond acceptors (Lipinski definition) is 3. The molecule has 0 aliphatic heterocycles. The van der Waals surface area contributed by atoms with Crippen LogP contribution in [0.15, 0.2) is 24.3 Å². The van der Waals surface area contributed by atoms with Crippen molar-refractivity contribution in [2.75, 3.05) is 18.5 Å². The number of amides is 1. The highest BCUT2D eigenvalue weighted by molar-refractivity contribution is 5.92. The molecule has 0 spiro atoms. The number of nitrogens with one attached hydrogen (secondary N) is 1. The molecular weight excluding hydrogens is 218 g/mol. The molecule has 1 atom stereocenters. The minimum absolute atomic E-state index is 0.126. The van der Waals surface area contributed by atoms with E-state index in [1.165, 1.54) is 0 Å². The zero-order chi connectivity index (χ0) is 12.7. The summed E-state index contributed by atoms with van der Waals surface area (Å²) in [5, 5.41) is 11.8. The van der Waals surface area contributed by atoms with Gasteiger partial charge in [-0.3, -0.25) is 4.79 Å². The predicted molar refractivity (Wildman–Crippen MR) is 67.1 cm³/mol. The third kappa shape index (κ3) is 4.07. The molecule has 0 aliphatic rings. The maximum atomic E-state index is 11.7. The van der Waals surface area contributed by atoms with Gasteiger partial charge in [-0.25, -0.2) is 0 Å². The van der Waals surface area contributed by atoms with E-state index in [4.69, 9.17) is 9.84 Å². The van der Waals surface area contributed by atoms with Gasteiger partial charge in [0, 0.05) is 5.69 Å². The Hall–Kier alpha value is -1.55. The molecule has 0 saturated carbocycles. The average Bonchev–Trinajstić information content (AvgIpc) is 2.33. The van der Waals surface area contributed by atoms with Crippen molar-refractivity contribution in [3.8, 4) is 5.75 Å². The Morgan fingerprint density at radius 3 is 2.47 bits per heavy atom. The predicted octanol–water partition coefficient (Wildman–Crippen LogP) is 2.04. The highest BCUT2D eigenvalue weighted by atomic mass is 16.5. The van der Waals surface area contributed by atoms with Gasteiger partial charge in [0.05, 0.1) is 19.1 Å². The lowest BCUT2D eigenvalue weighted by molar-refractivity contribution is -0.121. The fourth-order valence-electron chi connectivity index (χ4n) is 1.44. The van der Waals surface area contributed by atoms with Crippen molar-refractivity contribution in [2.24, 2.45) is 5.92 Å². The molecule has 0 aliphatic carbocycles. The van der Waals surface area contributed by atoms with E-state index in [1.54, 1.807) is 24.3 Å². The van der Waals surface area contributed by atoms with Crippen LogP contribution in [0.25, 0.3) is 0 Å². The summed E-state index contributed by atoms with van der Waals surface area (Å²) in [6, 6.07) is 7.18. The Morgan fingerprint density at radius 1 is 1.35 bits per heavy atom. The Kier molecular flexibility index (Phi) is 5.49. The van der Waals surface area contributed by atoms with E-state index in [1.807, 2.05) is 13.8 Å². The Balaban J connectivity index is 2.59. The maximum absolute atomic E-state index is 11.7. The van der Waals surface area contributed by atoms with Crippen LogP contribution in [0.2, 0.25) is 0 Å². The number of rotatable bonds is 6. The van der Waals surface area contributed by atoms with Crippen LogP contribution < -0.4 is 10.1 Å². The lowest BCUT2D eigenvalue weighted by Crippen LogP contribution is -2.24. The standard InChI is InChI=1S/C13H19NO3/c1-3-10(9-15)13(16)14-11-5-7-12(8-6-11)17-4-2/h5-8,10,15H,3-4,9H2,1-2H3,(H,14,16). The number of aliphatic hydroxyl groups is 1. The first-order valence-electron chi connectivity index (χ1n) is 5.85. The van der Waals surface area contributed by atoms with Crippen LogP contribution in [0.5, 0.6) is 5.75 Å². The molecule has 0 heterocycles. The van der Waals surface area contributed by atoms with Gasteiger partial charge in [-0.05, 0) is 37.6 Å². The number of ether oxygens (including phenoxy) is 1. The Morgan fingerprint density at radius 2 is 2.00 bits per heavy atom. The number of hydrogen-bond donors (Lipinski definition) is 2. The Labute approximate surface area is 102 Å². The van der Waals surface area contributed by atoms with Crippen molar-refractivity contribution in [1.29, 1.82) is 0 Å². The van der Waals surface area contributed by atoms with Crippen LogP contribution >= 0.6 is 0 Å². The first kappa shape index (κ1) is 13.5. The largest absolute Gasteiger partial charge is 0.494 e. The van der Waals surface area contributed by atoms with Crippen LogP contribution in [0.3, 0.4) is 0 Å². The smallest absolute Gasteiger partial charge is 0.229 e. The summed E-state index contributed by atoms with van der Waals surface area (Å²) in [7, 11) is 0. The van der Waals surface area contributed by atoms with E-state index >= 15 is 0 Å². The minimum atomic E-state index is -0.346. The zero-order valence-electron chi connectivity index (χ0n) is 10.3. The van der Waals surface area contributed by atoms with E-state index in [0.717, 1.165) is 5.75 Å². The summed E-state index contributed by atoms with van der Waals surface area (Å²) in [5.41, 5.74) is 0.713. The Bertz CT molecular complexity index is 344. The van der Waals surface area contributed by atoms with Gasteiger partial charge in [-0.2, -0.15) is 0 Å². The second-order valence-corrected chi connectivity index (χ2v) is 3.73. The van der Waals surface area contributed by atoms with Crippen LogP contribution in [0.1, 0.15) is 20.3 Å². The molecule has 1 rings (SSSR count). The molecule has 17 heavy (non-hydrogen) atoms. The second kappa shape index (κ2) is 6.91. The van der Waals surface area contributed by atoms with Crippen LogP contribution in [-0.4, -0.2) is 24.2 Å². The number of carbonyl (C=O) groups is 1. The third-order valence-electron chi connectivity index (χ3n) is 2.52. The molecule has 1 unspecified atom stereocenters. The zero-order valence-corrected chi connectivity index (χ0v) is 10.3. The third-order valence-corrected chi connectivity index (χ3v) is 2.52. The molecule has 0 saturated heterocycles. The van der Waals surface area contributed by atoms with E-state index < -0.39 is 0 Å². The highest BCUT2D eigenvalue weighted by Gasteiger charge is 2.14. The lowest BCUT2D eigenvalue weighted by atomic mass is 10.1. The molecule has 4 heteroatoms. The lowest BCUT2D eigenvalue weighted by Gasteiger charge is -2.12. The summed E-state index contributed by atoms with van der Waals surface area (Å²) < 4.78 is 5.30. The van der Waals surface area contributed by atoms with Gasteiger partial charge in [0.25, 0.3) is 0 Å². The highest BCUT2D eigenvalue weighted by Crippen LogP contribution is 2.16. The molecule has 4 nitrogen and oxygen atoms in total. The summed E-state index contributed by atoms with van der Waals surface area (Å²) in [6.45, 7) is 4.29. The van der Waals surface area contributed by atoms with Crippen LogP contribution in [0.4, 0.5) is 5.69 Å². The molecule has 1 aromatic carbocycles. The number of aliphatic hydroxyl groups excluding tert-OH is 1. The molecule has 94 valence electrons. The van der Waals surface area contributed by atoms with Crippen LogP contribution in [0, 0.1) is 5.92 Å². The summed E-state index contributed by atoms with van der Waals surface area (Å²) in [4.78, 5) is 11.7. The second-order valence-electron chi connectivity index (χ2n) is 3.73. The molecule has 0 fully saturated rings. The summed E-state index contributed by atoms with van der Waals surface area (Å²) in [6.07, 6.45) is 0.624. The van der Waals surface area contributed by atoms with Crippen molar-refractivity contribution >= 4 is 11.6 Å². The average molecular weight is 237 g/mol. The molecule has 0 radical (unpaired) electrons. The first-order valence-corrected chi connectivity index (χ1v) is 5.85. The maximum Gasteiger partial charge on any atom is 0.229 e. The molecular formula is C13H19NO3. The van der Waals surface area contributed by atoms with Crippen molar-refractivity contribution in [3.63, 3.8) is 0 Å². The summed E-state index contributed by atoms with van der Waals surface area (Å²) in [5.74, 6) is 0.278. The molecule has 1 amide bonds. The van der Waals surface area contributed by atoms with Gasteiger partial charge >= 0.3 is 0 Å². The van der Waals surface area contributed by atoms with Gasteiger partial charge in [0.15, 0.2) is 0 Å². The van der Waals surface area contributed by atoms with Gasteiger partial charge in [-0.15, -0.1) is 0 Å². The molecule has 0 aromatic heterocycles. The van der Waals surface area contributed by atoms with Gasteiger partial charge in [0.1, 0.15) is 5.75 Å². The molecule has 0 bridgehead atoms. The monoisotopic (exact) mass is 237 g/mol. The van der Waals surface area contributed by atoms with Crippen LogP contribution in [-0.2, 0) is 4.79 Å². The van der Waals surface area contributed by atoms with Crippen molar-refractivity contribution in [3.05, 3.63) is 24.3 Å². The minimum Gasteiger partial charge on any atom is -0.494 e. The summed E-state index contributed by atoms with van der Waals surface area (Å²) >= 11 is 0. The topological polar surface area (TPSA) is 58.6 Å². The number of benzene rings is 1. The molecule has 2 N–H and O–H groups in total. The van der Waals surface area contributed by atoms with Gasteiger partial charge in [0.2, 0.25) is 5.91 Å². The van der Waals surface area contributed by atoms with Crippen molar-refractivity contribution < 1.29 is 14.6 Å². The van der Waals surface area contributed by atoms with Crippen molar-refractivity contribution in [1.82, 2.24) is 0 Å². The fraction of sp³-hybridized carbons (Fsp3) is 0.462. The normalized spacial score (nSPS) is 11.9. The first-order chi connectivity index (χ1) is 8.21. The van der Waals surface area contributed by atoms with Gasteiger partial charge in [-0.1, -0.05) is 6.92 Å². The SMILES string of the molecule is CCOc1ccc(NC(=O)C(CC)CO)cc1. The van der Waals surface area contributed by atoms with Gasteiger partial charge < -0.3 is 15.2 Å². The van der Waals surface area contributed by atoms with E-state index in [0.29, 0.717) is 18.7 Å². The number of anilines is 1. The fourth-order valence-corrected chi connectivity index (χ4v) is 1.44. The molecule has 1 aromatic rings. The van der Waals surface area contributed by atoms with E-state index in [2.05, 4.69) is 5.32 Å².